The third-order valence-corrected chi connectivity index (χ3v) is 3.67. The average Bonchev–Trinajstić information content (AvgIpc) is 3.04. The number of aromatic nitrogens is 3. The summed E-state index contributed by atoms with van der Waals surface area (Å²) in [4.78, 5) is 43.3. The first-order valence-electron chi connectivity index (χ1n) is 8.00. The number of amides is 1. The van der Waals surface area contributed by atoms with E-state index in [0.717, 1.165) is 16.9 Å². The molecule has 0 aliphatic heterocycles. The summed E-state index contributed by atoms with van der Waals surface area (Å²) < 4.78 is 10.2. The molecule has 2 aromatic heterocycles. The van der Waals surface area contributed by atoms with Crippen molar-refractivity contribution in [1.29, 1.82) is 5.26 Å². The molecule has 0 fully saturated rings. The van der Waals surface area contributed by atoms with Crippen LogP contribution in [0.2, 0.25) is 0 Å². The number of fused-ring (bicyclic) bond motifs is 1. The second kappa shape index (κ2) is 8.73. The molecule has 0 aliphatic carbocycles. The first kappa shape index (κ1) is 21.2. The highest BCUT2D eigenvalue weighted by Crippen LogP contribution is 2.25. The zero-order valence-corrected chi connectivity index (χ0v) is 15.9. The van der Waals surface area contributed by atoms with Gasteiger partial charge < -0.3 is 24.1 Å². The molecule has 0 spiro atoms. The Labute approximate surface area is 160 Å². The Morgan fingerprint density at radius 2 is 2.00 bits per heavy atom. The lowest BCUT2D eigenvalue weighted by Crippen LogP contribution is -2.27. The number of hydrogen-bond acceptors (Lipinski definition) is 8. The van der Waals surface area contributed by atoms with Crippen molar-refractivity contribution in [2.75, 3.05) is 11.4 Å². The molecule has 146 valence electrons. The molecule has 0 bridgehead atoms. The van der Waals surface area contributed by atoms with Crippen LogP contribution in [0.15, 0.2) is 42.7 Å². The molecule has 10 nitrogen and oxygen atoms in total. The molecule has 2 heterocycles. The van der Waals surface area contributed by atoms with Crippen molar-refractivity contribution >= 4 is 25.1 Å². The molecule has 1 amide bonds. The van der Waals surface area contributed by atoms with Crippen LogP contribution >= 0.6 is 7.82 Å². The molecule has 0 N–H and O–H groups in total. The average molecular weight is 400 g/mol. The van der Waals surface area contributed by atoms with Gasteiger partial charge in [0.15, 0.2) is 5.65 Å². The summed E-state index contributed by atoms with van der Waals surface area (Å²) in [5.41, 5.74) is 3.51. The third-order valence-electron chi connectivity index (χ3n) is 3.67. The van der Waals surface area contributed by atoms with Crippen molar-refractivity contribution in [1.82, 2.24) is 14.6 Å². The molecule has 0 unspecified atom stereocenters. The Balaban J connectivity index is 0.000000500. The van der Waals surface area contributed by atoms with Crippen molar-refractivity contribution in [2.45, 2.75) is 13.8 Å². The first-order valence-corrected chi connectivity index (χ1v) is 9.46. The normalized spacial score (nSPS) is 10.7. The topological polar surface area (TPSA) is 161 Å². The zero-order chi connectivity index (χ0) is 20.9. The van der Waals surface area contributed by atoms with E-state index in [0.29, 0.717) is 17.8 Å². The van der Waals surface area contributed by atoms with E-state index in [-0.39, 0.29) is 5.91 Å². The van der Waals surface area contributed by atoms with Crippen LogP contribution in [0, 0.1) is 11.3 Å². The van der Waals surface area contributed by atoms with Crippen LogP contribution < -0.4 is 19.6 Å². The Morgan fingerprint density at radius 1 is 1.32 bits per heavy atom. The zero-order valence-electron chi connectivity index (χ0n) is 15.0. The molecule has 3 rings (SSSR count). The van der Waals surface area contributed by atoms with E-state index < -0.39 is 7.82 Å². The van der Waals surface area contributed by atoms with E-state index in [2.05, 4.69) is 16.2 Å². The second-order valence-electron chi connectivity index (χ2n) is 5.50. The molecule has 3 aromatic rings. The maximum absolute atomic E-state index is 11.7. The standard InChI is InChI=1S/C17H15N5O.H3O4P/c1-3-21(12(2)23)15-6-4-5-13(9-15)16-7-8-19-17-14(10-18)11-20-22(16)17;1-5(2,3)4/h4-9,11H,3H2,1-2H3;(H3,1,2,3,4)/p-3. The van der Waals surface area contributed by atoms with Crippen LogP contribution in [-0.2, 0) is 9.36 Å². The predicted molar refractivity (Wildman–Crippen MR) is 94.4 cm³/mol. The van der Waals surface area contributed by atoms with Crippen molar-refractivity contribution in [2.24, 2.45) is 0 Å². The predicted octanol–water partition coefficient (Wildman–Crippen LogP) is -0.184. The number of nitriles is 1. The summed E-state index contributed by atoms with van der Waals surface area (Å²) in [6.45, 7) is 4.09. The largest absolute Gasteiger partial charge is 0.822 e. The number of anilines is 1. The number of phosphoric acid groups is 1. The number of carbonyl (C=O) groups is 1. The number of carbonyl (C=O) groups excluding carboxylic acids is 1. The molecule has 0 atom stereocenters. The van der Waals surface area contributed by atoms with Gasteiger partial charge in [-0.05, 0) is 25.1 Å². The Bertz CT molecular complexity index is 1080. The molecule has 1 aromatic carbocycles. The number of hydrogen-bond donors (Lipinski definition) is 0. The van der Waals surface area contributed by atoms with Gasteiger partial charge in [-0.3, -0.25) is 4.79 Å². The van der Waals surface area contributed by atoms with E-state index in [1.54, 1.807) is 22.5 Å². The van der Waals surface area contributed by atoms with Crippen LogP contribution in [-0.4, -0.2) is 27.0 Å². The Morgan fingerprint density at radius 3 is 2.57 bits per heavy atom. The van der Waals surface area contributed by atoms with Gasteiger partial charge in [0.1, 0.15) is 11.6 Å². The Hall–Kier alpha value is -3.09. The minimum Gasteiger partial charge on any atom is -0.822 e. The van der Waals surface area contributed by atoms with Gasteiger partial charge in [0.05, 0.1) is 11.9 Å². The van der Waals surface area contributed by atoms with E-state index in [9.17, 15) is 4.79 Å². The van der Waals surface area contributed by atoms with Crippen LogP contribution in [0.5, 0.6) is 0 Å². The van der Waals surface area contributed by atoms with E-state index in [1.165, 1.54) is 6.20 Å². The molecule has 0 aliphatic rings. The van der Waals surface area contributed by atoms with Crippen molar-refractivity contribution in [3.8, 4) is 17.3 Å². The van der Waals surface area contributed by atoms with Crippen LogP contribution in [0.1, 0.15) is 19.4 Å². The number of nitrogens with zero attached hydrogens (tertiary/aromatic N) is 5. The SMILES string of the molecule is CCN(C(C)=O)c1cccc(-c2ccnc3c(C#N)cnn23)c1.O=P([O-])([O-])[O-]. The van der Waals surface area contributed by atoms with Crippen LogP contribution in [0.25, 0.3) is 16.9 Å². The highest BCUT2D eigenvalue weighted by Gasteiger charge is 2.13. The van der Waals surface area contributed by atoms with E-state index in [4.69, 9.17) is 24.5 Å². The van der Waals surface area contributed by atoms with Crippen LogP contribution in [0.3, 0.4) is 0 Å². The molecule has 28 heavy (non-hydrogen) atoms. The summed E-state index contributed by atoms with van der Waals surface area (Å²) >= 11 is 0. The maximum atomic E-state index is 11.7. The van der Waals surface area contributed by atoms with Gasteiger partial charge in [0, 0.05) is 30.9 Å². The lowest BCUT2D eigenvalue weighted by atomic mass is 10.1. The molecule has 0 saturated carbocycles. The van der Waals surface area contributed by atoms with E-state index >= 15 is 0 Å². The molecular formula is C17H15N5O5P-3. The third kappa shape index (κ3) is 5.22. The smallest absolute Gasteiger partial charge is 0.223 e. The number of benzene rings is 1. The highest BCUT2D eigenvalue weighted by atomic mass is 31.2. The molecule has 11 heteroatoms. The lowest BCUT2D eigenvalue weighted by Gasteiger charge is -2.36. The van der Waals surface area contributed by atoms with Gasteiger partial charge in [0.25, 0.3) is 0 Å². The van der Waals surface area contributed by atoms with E-state index in [1.807, 2.05) is 37.3 Å². The minimum atomic E-state index is -5.39. The molecule has 0 radical (unpaired) electrons. The summed E-state index contributed by atoms with van der Waals surface area (Å²) in [6, 6.07) is 11.6. The summed E-state index contributed by atoms with van der Waals surface area (Å²) in [7, 11) is -5.39. The maximum Gasteiger partial charge on any atom is 0.223 e. The van der Waals surface area contributed by atoms with Gasteiger partial charge >= 0.3 is 0 Å². The highest BCUT2D eigenvalue weighted by molar-refractivity contribution is 7.40. The van der Waals surface area contributed by atoms with Crippen molar-refractivity contribution in [3.05, 3.63) is 48.3 Å². The van der Waals surface area contributed by atoms with Gasteiger partial charge in [-0.25, -0.2) is 9.50 Å². The van der Waals surface area contributed by atoms with Crippen LogP contribution in [0.4, 0.5) is 5.69 Å². The quantitative estimate of drug-likeness (QED) is 0.547. The monoisotopic (exact) mass is 400 g/mol. The van der Waals surface area contributed by atoms with Gasteiger partial charge in [-0.2, -0.15) is 18.2 Å². The van der Waals surface area contributed by atoms with Gasteiger partial charge in [-0.15, -0.1) is 0 Å². The minimum absolute atomic E-state index is 0.00428. The summed E-state index contributed by atoms with van der Waals surface area (Å²) in [6.07, 6.45) is 3.16. The van der Waals surface area contributed by atoms with Gasteiger partial charge in [-0.1, -0.05) is 12.1 Å². The van der Waals surface area contributed by atoms with Crippen molar-refractivity contribution in [3.63, 3.8) is 0 Å². The molecule has 0 saturated heterocycles. The lowest BCUT2D eigenvalue weighted by molar-refractivity contribution is -0.432. The fourth-order valence-corrected chi connectivity index (χ4v) is 2.61. The number of rotatable bonds is 3. The second-order valence-corrected chi connectivity index (χ2v) is 6.39. The molecular weight excluding hydrogens is 385 g/mol. The Kier molecular flexibility index (Phi) is 6.62. The van der Waals surface area contributed by atoms with Gasteiger partial charge in [0.2, 0.25) is 5.91 Å². The fraction of sp³-hybridized carbons (Fsp3) is 0.176. The summed E-state index contributed by atoms with van der Waals surface area (Å²) in [5, 5.41) is 13.4. The summed E-state index contributed by atoms with van der Waals surface area (Å²) in [5.74, 6) is -0.00428. The van der Waals surface area contributed by atoms with Crippen molar-refractivity contribution < 1.29 is 24.0 Å². The fourth-order valence-electron chi connectivity index (χ4n) is 2.61. The first-order chi connectivity index (χ1) is 13.2.